The molecule has 1 aromatic carbocycles. The van der Waals surface area contributed by atoms with Gasteiger partial charge in [-0.2, -0.15) is 5.26 Å². The van der Waals surface area contributed by atoms with Crippen LogP contribution in [0.1, 0.15) is 46.6 Å². The lowest BCUT2D eigenvalue weighted by Gasteiger charge is -2.22. The van der Waals surface area contributed by atoms with Crippen LogP contribution in [-0.2, 0) is 6.54 Å². The summed E-state index contributed by atoms with van der Waals surface area (Å²) in [5, 5.41) is 13.2. The van der Waals surface area contributed by atoms with Gasteiger partial charge in [-0.25, -0.2) is 0 Å². The molecule has 0 aliphatic heterocycles. The Bertz CT molecular complexity index is 513. The molecule has 0 amide bonds. The predicted octanol–water partition coefficient (Wildman–Crippen LogP) is 4.55. The Labute approximate surface area is 133 Å². The lowest BCUT2D eigenvalue weighted by atomic mass is 9.92. The van der Waals surface area contributed by atoms with Crippen molar-refractivity contribution >= 4 is 11.6 Å². The first kappa shape index (κ1) is 17.8. The van der Waals surface area contributed by atoms with Crippen LogP contribution < -0.4 is 10.1 Å². The van der Waals surface area contributed by atoms with Crippen molar-refractivity contribution in [1.82, 2.24) is 5.32 Å². The van der Waals surface area contributed by atoms with E-state index in [1.54, 1.807) is 0 Å². The maximum atomic E-state index is 9.02. The lowest BCUT2D eigenvalue weighted by Crippen LogP contribution is -2.35. The fourth-order valence-corrected chi connectivity index (χ4v) is 1.85. The molecule has 0 aliphatic rings. The fourth-order valence-electron chi connectivity index (χ4n) is 1.66. The number of nitrogens with one attached hydrogen (secondary N) is 1. The molecule has 0 bridgehead atoms. The summed E-state index contributed by atoms with van der Waals surface area (Å²) in [6, 6.07) is 7.92. The highest BCUT2D eigenvalue weighted by Gasteiger charge is 2.17. The van der Waals surface area contributed by atoms with E-state index in [-0.39, 0.29) is 11.0 Å². The molecule has 21 heavy (non-hydrogen) atoms. The van der Waals surface area contributed by atoms with Gasteiger partial charge in [0, 0.05) is 22.7 Å². The van der Waals surface area contributed by atoms with Crippen molar-refractivity contribution in [3.63, 3.8) is 0 Å². The number of hydrogen-bond acceptors (Lipinski definition) is 3. The average molecular weight is 309 g/mol. The third-order valence-electron chi connectivity index (χ3n) is 3.12. The monoisotopic (exact) mass is 308 g/mol. The van der Waals surface area contributed by atoms with Crippen LogP contribution in [0.4, 0.5) is 0 Å². The molecule has 3 nitrogen and oxygen atoms in total. The first-order valence-electron chi connectivity index (χ1n) is 7.20. The Morgan fingerprint density at radius 3 is 2.48 bits per heavy atom. The van der Waals surface area contributed by atoms with Gasteiger partial charge in [0.1, 0.15) is 5.75 Å². The van der Waals surface area contributed by atoms with Gasteiger partial charge in [0.05, 0.1) is 18.1 Å². The normalized spacial score (nSPS) is 12.0. The summed E-state index contributed by atoms with van der Waals surface area (Å²) in [5.41, 5.74) is 0.700. The van der Waals surface area contributed by atoms with E-state index in [1.807, 2.05) is 32.0 Å². The summed E-state index contributed by atoms with van der Waals surface area (Å²) in [4.78, 5) is 0. The zero-order valence-electron chi connectivity index (χ0n) is 13.6. The zero-order valence-corrected chi connectivity index (χ0v) is 14.3. The molecule has 1 aromatic rings. The largest absolute Gasteiger partial charge is 0.493 e. The third-order valence-corrected chi connectivity index (χ3v) is 3.35. The van der Waals surface area contributed by atoms with Crippen LogP contribution in [0.25, 0.3) is 0 Å². The van der Waals surface area contributed by atoms with Crippen molar-refractivity contribution in [2.24, 2.45) is 5.41 Å². The molecule has 1 N–H and O–H groups in total. The van der Waals surface area contributed by atoms with E-state index in [9.17, 15) is 0 Å². The molecule has 0 saturated heterocycles. The molecular weight excluding hydrogens is 284 g/mol. The van der Waals surface area contributed by atoms with Crippen LogP contribution in [-0.4, -0.2) is 12.1 Å². The lowest BCUT2D eigenvalue weighted by molar-refractivity contribution is 0.261. The second kappa shape index (κ2) is 7.15. The van der Waals surface area contributed by atoms with Crippen LogP contribution in [0.2, 0.25) is 5.02 Å². The van der Waals surface area contributed by atoms with E-state index in [0.29, 0.717) is 24.6 Å². The van der Waals surface area contributed by atoms with E-state index in [4.69, 9.17) is 21.6 Å². The van der Waals surface area contributed by atoms with Gasteiger partial charge in [0.25, 0.3) is 0 Å². The van der Waals surface area contributed by atoms with Crippen molar-refractivity contribution in [2.75, 3.05) is 6.61 Å². The van der Waals surface area contributed by atoms with Crippen LogP contribution in [0.15, 0.2) is 18.2 Å². The highest BCUT2D eigenvalue weighted by molar-refractivity contribution is 6.30. The Hall–Kier alpha value is -1.24. The quantitative estimate of drug-likeness (QED) is 0.838. The van der Waals surface area contributed by atoms with Crippen LogP contribution >= 0.6 is 11.6 Å². The number of halogens is 1. The maximum absolute atomic E-state index is 9.02. The number of benzene rings is 1. The molecule has 0 spiro atoms. The molecule has 116 valence electrons. The molecular formula is C17H25ClN2O. The number of ether oxygens (including phenoxy) is 1. The van der Waals surface area contributed by atoms with Gasteiger partial charge in [-0.1, -0.05) is 11.6 Å². The molecule has 1 rings (SSSR count). The minimum Gasteiger partial charge on any atom is -0.493 e. The smallest absolute Gasteiger partial charge is 0.123 e. The van der Waals surface area contributed by atoms with Crippen LogP contribution in [0.3, 0.4) is 0 Å². The average Bonchev–Trinajstić information content (AvgIpc) is 2.37. The summed E-state index contributed by atoms with van der Waals surface area (Å²) in [7, 11) is 0. The molecule has 0 heterocycles. The van der Waals surface area contributed by atoms with E-state index in [1.165, 1.54) is 0 Å². The van der Waals surface area contributed by atoms with Gasteiger partial charge in [-0.05, 0) is 59.2 Å². The Balaban J connectivity index is 2.71. The minimum absolute atomic E-state index is 0.0301. The summed E-state index contributed by atoms with van der Waals surface area (Å²) in [6.45, 7) is 11.4. The predicted molar refractivity (Wildman–Crippen MR) is 87.6 cm³/mol. The summed E-state index contributed by atoms with van der Waals surface area (Å²) in [6.07, 6.45) is 0.693. The third kappa shape index (κ3) is 6.84. The standard InChI is InChI=1S/C17H25ClN2O/c1-16(2,3)20-11-13-10-14(18)6-7-15(13)21-9-8-17(4,5)12-19/h6-7,10,20H,8-9,11H2,1-5H3. The van der Waals surface area contributed by atoms with Crippen molar-refractivity contribution in [2.45, 2.75) is 53.1 Å². The van der Waals surface area contributed by atoms with E-state index in [2.05, 4.69) is 32.2 Å². The van der Waals surface area contributed by atoms with Crippen LogP contribution in [0, 0.1) is 16.7 Å². The SMILES string of the molecule is CC(C)(C#N)CCOc1ccc(Cl)cc1CNC(C)(C)C. The van der Waals surface area contributed by atoms with Gasteiger partial charge in [-0.15, -0.1) is 0 Å². The molecule has 0 atom stereocenters. The number of hydrogen-bond donors (Lipinski definition) is 1. The maximum Gasteiger partial charge on any atom is 0.123 e. The van der Waals surface area contributed by atoms with Gasteiger partial charge in [0.2, 0.25) is 0 Å². The zero-order chi connectivity index (χ0) is 16.1. The van der Waals surface area contributed by atoms with Gasteiger partial charge >= 0.3 is 0 Å². The van der Waals surface area contributed by atoms with Crippen molar-refractivity contribution in [1.29, 1.82) is 5.26 Å². The molecule has 0 aliphatic carbocycles. The molecule has 0 aromatic heterocycles. The van der Waals surface area contributed by atoms with Gasteiger partial charge < -0.3 is 10.1 Å². The van der Waals surface area contributed by atoms with E-state index >= 15 is 0 Å². The van der Waals surface area contributed by atoms with E-state index < -0.39 is 0 Å². The van der Waals surface area contributed by atoms with Gasteiger partial charge in [-0.3, -0.25) is 0 Å². The van der Waals surface area contributed by atoms with E-state index in [0.717, 1.165) is 11.3 Å². The topological polar surface area (TPSA) is 45.0 Å². The van der Waals surface area contributed by atoms with Gasteiger partial charge in [0.15, 0.2) is 0 Å². The minimum atomic E-state index is -0.365. The second-order valence-electron chi connectivity index (χ2n) is 6.95. The summed E-state index contributed by atoms with van der Waals surface area (Å²) >= 11 is 6.07. The number of nitriles is 1. The first-order chi connectivity index (χ1) is 9.63. The molecule has 0 saturated carbocycles. The molecule has 0 unspecified atom stereocenters. The fraction of sp³-hybridized carbons (Fsp3) is 0.588. The number of nitrogens with zero attached hydrogens (tertiary/aromatic N) is 1. The Morgan fingerprint density at radius 1 is 1.24 bits per heavy atom. The van der Waals surface area contributed by atoms with Crippen molar-refractivity contribution < 1.29 is 4.74 Å². The van der Waals surface area contributed by atoms with Crippen molar-refractivity contribution in [3.8, 4) is 11.8 Å². The summed E-state index contributed by atoms with van der Waals surface area (Å²) < 4.78 is 5.85. The molecule has 0 fully saturated rings. The molecule has 4 heteroatoms. The first-order valence-corrected chi connectivity index (χ1v) is 7.58. The highest BCUT2D eigenvalue weighted by atomic mass is 35.5. The Kier molecular flexibility index (Phi) is 6.07. The number of rotatable bonds is 6. The molecule has 0 radical (unpaired) electrons. The van der Waals surface area contributed by atoms with Crippen LogP contribution in [0.5, 0.6) is 5.75 Å². The van der Waals surface area contributed by atoms with Crippen molar-refractivity contribution in [3.05, 3.63) is 28.8 Å². The highest BCUT2D eigenvalue weighted by Crippen LogP contribution is 2.25. The second-order valence-corrected chi connectivity index (χ2v) is 7.39. The summed E-state index contributed by atoms with van der Waals surface area (Å²) in [5.74, 6) is 0.824. The Morgan fingerprint density at radius 2 is 1.90 bits per heavy atom.